The Kier molecular flexibility index (Phi) is 6.98. The van der Waals surface area contributed by atoms with E-state index in [-0.39, 0.29) is 24.7 Å². The first-order valence-corrected chi connectivity index (χ1v) is 12.8. The van der Waals surface area contributed by atoms with E-state index in [0.29, 0.717) is 26.2 Å². The van der Waals surface area contributed by atoms with Crippen molar-refractivity contribution in [1.29, 1.82) is 0 Å². The number of methoxy groups -OCH3 is 1. The largest absolute Gasteiger partial charge is 0.497 e. The summed E-state index contributed by atoms with van der Waals surface area (Å²) in [5.74, 6) is 0.955. The Morgan fingerprint density at radius 1 is 0.857 bits per heavy atom. The zero-order valence-electron chi connectivity index (χ0n) is 19.9. The molecule has 35 heavy (non-hydrogen) atoms. The summed E-state index contributed by atoms with van der Waals surface area (Å²) in [6.45, 7) is 5.71. The van der Waals surface area contributed by atoms with E-state index in [4.69, 9.17) is 4.74 Å². The lowest BCUT2D eigenvalue weighted by atomic mass is 10.2. The van der Waals surface area contributed by atoms with Crippen LogP contribution < -0.4 is 14.5 Å². The van der Waals surface area contributed by atoms with Crippen molar-refractivity contribution in [3.8, 4) is 5.75 Å². The van der Waals surface area contributed by atoms with Crippen molar-refractivity contribution in [2.75, 3.05) is 69.3 Å². The zero-order valence-corrected chi connectivity index (χ0v) is 20.7. The molecule has 2 aromatic heterocycles. The van der Waals surface area contributed by atoms with Gasteiger partial charge in [-0.2, -0.15) is 0 Å². The number of amides is 2. The van der Waals surface area contributed by atoms with E-state index in [0.717, 1.165) is 53.1 Å². The van der Waals surface area contributed by atoms with Crippen molar-refractivity contribution in [3.05, 3.63) is 42.6 Å². The monoisotopic (exact) mass is 494 g/mol. The van der Waals surface area contributed by atoms with Gasteiger partial charge in [-0.15, -0.1) is 0 Å². The van der Waals surface area contributed by atoms with E-state index in [9.17, 15) is 9.59 Å². The van der Waals surface area contributed by atoms with Gasteiger partial charge in [0.25, 0.3) is 0 Å². The summed E-state index contributed by atoms with van der Waals surface area (Å²) in [4.78, 5) is 43.7. The maximum atomic E-state index is 12.8. The lowest BCUT2D eigenvalue weighted by Gasteiger charge is -2.36. The van der Waals surface area contributed by atoms with Crippen LogP contribution in [-0.2, 0) is 9.59 Å². The summed E-state index contributed by atoms with van der Waals surface area (Å²) >= 11 is 1.58. The molecule has 0 saturated carbocycles. The average molecular weight is 495 g/mol. The molecule has 9 nitrogen and oxygen atoms in total. The van der Waals surface area contributed by atoms with E-state index in [1.807, 2.05) is 46.2 Å². The van der Waals surface area contributed by atoms with Gasteiger partial charge in [-0.05, 0) is 36.4 Å². The Balaban J connectivity index is 1.05. The Morgan fingerprint density at radius 3 is 2.03 bits per heavy atom. The van der Waals surface area contributed by atoms with Gasteiger partial charge >= 0.3 is 0 Å². The van der Waals surface area contributed by atoms with Gasteiger partial charge in [-0.3, -0.25) is 9.59 Å². The topological polar surface area (TPSA) is 82.1 Å². The third kappa shape index (κ3) is 5.32. The maximum absolute atomic E-state index is 12.8. The van der Waals surface area contributed by atoms with Crippen molar-refractivity contribution < 1.29 is 14.3 Å². The molecule has 10 heteroatoms. The molecule has 2 aliphatic rings. The number of thiazole rings is 1. The number of fused-ring (bicyclic) bond motifs is 1. The summed E-state index contributed by atoms with van der Waals surface area (Å²) < 4.78 is 5.22. The third-order valence-corrected chi connectivity index (χ3v) is 7.72. The molecule has 4 heterocycles. The molecule has 2 fully saturated rings. The number of carbonyl (C=O) groups is 2. The van der Waals surface area contributed by atoms with Crippen molar-refractivity contribution in [1.82, 2.24) is 19.8 Å². The summed E-state index contributed by atoms with van der Waals surface area (Å²) in [5.41, 5.74) is 2.05. The molecule has 3 aromatic rings. The minimum absolute atomic E-state index is 0.0563. The van der Waals surface area contributed by atoms with Gasteiger partial charge in [0, 0.05) is 77.1 Å². The molecule has 0 bridgehead atoms. The smallest absolute Gasteiger partial charge is 0.223 e. The van der Waals surface area contributed by atoms with Crippen LogP contribution in [-0.4, -0.2) is 91.0 Å². The van der Waals surface area contributed by atoms with Gasteiger partial charge in [0.15, 0.2) is 5.13 Å². The van der Waals surface area contributed by atoms with Crippen LogP contribution in [0.25, 0.3) is 10.3 Å². The Hall–Kier alpha value is -3.40. The van der Waals surface area contributed by atoms with Crippen LogP contribution in [0.4, 0.5) is 10.8 Å². The normalized spacial score (nSPS) is 16.6. The second kappa shape index (κ2) is 10.5. The minimum Gasteiger partial charge on any atom is -0.497 e. The third-order valence-electron chi connectivity index (χ3n) is 6.68. The number of nitrogens with zero attached hydrogens (tertiary/aromatic N) is 6. The molecule has 184 valence electrons. The van der Waals surface area contributed by atoms with Gasteiger partial charge in [-0.1, -0.05) is 11.3 Å². The number of piperazine rings is 2. The quantitative estimate of drug-likeness (QED) is 0.521. The molecule has 1 aromatic carbocycles. The fourth-order valence-electron chi connectivity index (χ4n) is 4.58. The SMILES string of the molecule is COc1ccc(N2CCN(C(=O)CCC(=O)N3CCN(c4nc5cccnc5s4)CC3)CC2)cc1. The van der Waals surface area contributed by atoms with Crippen molar-refractivity contribution >= 4 is 44.3 Å². The molecule has 0 aliphatic carbocycles. The number of carbonyl (C=O) groups excluding carboxylic acids is 2. The summed E-state index contributed by atoms with van der Waals surface area (Å²) in [5, 5.41) is 0.953. The van der Waals surface area contributed by atoms with Gasteiger partial charge in [-0.25, -0.2) is 9.97 Å². The first kappa shape index (κ1) is 23.3. The Morgan fingerprint density at radius 2 is 1.46 bits per heavy atom. The standard InChI is InChI=1S/C25H30N6O3S/c1-34-20-6-4-19(5-7-20)28-11-13-29(14-12-28)22(32)8-9-23(33)30-15-17-31(18-16-30)25-27-21-3-2-10-26-24(21)35-25/h2-7,10H,8-9,11-18H2,1H3. The van der Waals surface area contributed by atoms with Crippen molar-refractivity contribution in [3.63, 3.8) is 0 Å². The van der Waals surface area contributed by atoms with Gasteiger partial charge in [0.1, 0.15) is 16.1 Å². The van der Waals surface area contributed by atoms with E-state index < -0.39 is 0 Å². The average Bonchev–Trinajstić information content (AvgIpc) is 3.36. The number of ether oxygens (including phenoxy) is 1. The molecule has 5 rings (SSSR count). The summed E-state index contributed by atoms with van der Waals surface area (Å²) in [6, 6.07) is 11.9. The number of anilines is 2. The Labute approximate surface area is 208 Å². The van der Waals surface area contributed by atoms with Crippen LogP contribution >= 0.6 is 11.3 Å². The zero-order chi connectivity index (χ0) is 24.2. The van der Waals surface area contributed by atoms with Crippen LogP contribution in [0.3, 0.4) is 0 Å². The molecule has 2 amide bonds. The Bertz CT molecular complexity index is 1130. The lowest BCUT2D eigenvalue weighted by molar-refractivity contribution is -0.137. The van der Waals surface area contributed by atoms with Crippen LogP contribution in [0.2, 0.25) is 0 Å². The molecule has 0 N–H and O–H groups in total. The number of hydrogen-bond donors (Lipinski definition) is 0. The number of benzene rings is 1. The molecule has 2 aliphatic heterocycles. The van der Waals surface area contributed by atoms with Crippen LogP contribution in [0.1, 0.15) is 12.8 Å². The highest BCUT2D eigenvalue weighted by molar-refractivity contribution is 7.21. The first-order chi connectivity index (χ1) is 17.1. The molecular formula is C25H30N6O3S. The van der Waals surface area contributed by atoms with Crippen molar-refractivity contribution in [2.24, 2.45) is 0 Å². The summed E-state index contributed by atoms with van der Waals surface area (Å²) in [7, 11) is 1.66. The van der Waals surface area contributed by atoms with Gasteiger partial charge in [0.05, 0.1) is 7.11 Å². The number of aromatic nitrogens is 2. The van der Waals surface area contributed by atoms with E-state index in [1.54, 1.807) is 24.6 Å². The summed E-state index contributed by atoms with van der Waals surface area (Å²) in [6.07, 6.45) is 2.32. The van der Waals surface area contributed by atoms with Crippen LogP contribution in [0.5, 0.6) is 5.75 Å². The predicted octanol–water partition coefficient (Wildman–Crippen LogP) is 2.48. The predicted molar refractivity (Wildman–Crippen MR) is 137 cm³/mol. The van der Waals surface area contributed by atoms with Gasteiger partial charge in [0.2, 0.25) is 11.8 Å². The second-order valence-electron chi connectivity index (χ2n) is 8.76. The number of pyridine rings is 1. The van der Waals surface area contributed by atoms with E-state index >= 15 is 0 Å². The minimum atomic E-state index is 0.0563. The molecule has 0 radical (unpaired) electrons. The van der Waals surface area contributed by atoms with Gasteiger partial charge < -0.3 is 24.3 Å². The van der Waals surface area contributed by atoms with Crippen molar-refractivity contribution in [2.45, 2.75) is 12.8 Å². The van der Waals surface area contributed by atoms with Crippen LogP contribution in [0, 0.1) is 0 Å². The maximum Gasteiger partial charge on any atom is 0.223 e. The lowest BCUT2D eigenvalue weighted by Crippen LogP contribution is -2.50. The highest BCUT2D eigenvalue weighted by atomic mass is 32.1. The van der Waals surface area contributed by atoms with E-state index in [1.165, 1.54) is 0 Å². The van der Waals surface area contributed by atoms with E-state index in [2.05, 4.69) is 19.8 Å². The van der Waals surface area contributed by atoms with Crippen LogP contribution in [0.15, 0.2) is 42.6 Å². The number of hydrogen-bond acceptors (Lipinski definition) is 8. The molecular weight excluding hydrogens is 464 g/mol. The molecule has 0 atom stereocenters. The molecule has 0 spiro atoms. The fourth-order valence-corrected chi connectivity index (χ4v) is 5.54. The highest BCUT2D eigenvalue weighted by Gasteiger charge is 2.25. The fraction of sp³-hybridized carbons (Fsp3) is 0.440. The first-order valence-electron chi connectivity index (χ1n) is 12.0. The number of rotatable bonds is 6. The highest BCUT2D eigenvalue weighted by Crippen LogP contribution is 2.28. The molecule has 0 unspecified atom stereocenters. The molecule has 2 saturated heterocycles. The second-order valence-corrected chi connectivity index (χ2v) is 9.71.